The van der Waals surface area contributed by atoms with Gasteiger partial charge in [-0.05, 0) is 49.2 Å². The zero-order valence-corrected chi connectivity index (χ0v) is 22.9. The standard InChI is InChI=1S/C30H40O9/c1-4-5-6-7-13-37-28-12-11-26(36-15-17-39-30(34)23(3)21-32)19-27(28)24-9-8-10-25(18-24)35-14-16-38-29(33)22(2)20-31/h8-12,18-19,22,31-32H,3-7,13-17,20-21H2,1-2H3. The Labute approximate surface area is 230 Å². The molecule has 1 unspecified atom stereocenters. The Bertz CT molecular complexity index is 1050. The molecule has 0 aliphatic heterocycles. The van der Waals surface area contributed by atoms with Crippen LogP contribution < -0.4 is 14.2 Å². The minimum absolute atomic E-state index is 0.00779. The molecule has 0 aliphatic carbocycles. The Morgan fingerprint density at radius 3 is 2.26 bits per heavy atom. The summed E-state index contributed by atoms with van der Waals surface area (Å²) in [5.74, 6) is 0.152. The number of unbranched alkanes of at least 4 members (excludes halogenated alkanes) is 3. The highest BCUT2D eigenvalue weighted by molar-refractivity contribution is 5.87. The summed E-state index contributed by atoms with van der Waals surface area (Å²) in [5.41, 5.74) is 1.64. The first kappa shape index (κ1) is 31.7. The molecule has 0 saturated heterocycles. The first-order valence-corrected chi connectivity index (χ1v) is 13.3. The molecule has 214 valence electrons. The molecule has 1 atom stereocenters. The molecule has 0 bridgehead atoms. The smallest absolute Gasteiger partial charge is 0.335 e. The lowest BCUT2D eigenvalue weighted by Gasteiger charge is -2.15. The number of rotatable bonds is 19. The topological polar surface area (TPSA) is 121 Å². The highest BCUT2D eigenvalue weighted by Crippen LogP contribution is 2.35. The second-order valence-electron chi connectivity index (χ2n) is 8.94. The van der Waals surface area contributed by atoms with Crippen molar-refractivity contribution in [3.05, 3.63) is 54.6 Å². The molecule has 0 amide bonds. The molecule has 0 aliphatic rings. The quantitative estimate of drug-likeness (QED) is 0.151. The SMILES string of the molecule is C=C(CO)C(=O)OCCOc1ccc(OCCCCCC)c(-c2cccc(OCCOC(=O)C(C)CO)c2)c1. The molecule has 0 heterocycles. The normalized spacial score (nSPS) is 11.4. The molecule has 2 aromatic carbocycles. The average Bonchev–Trinajstić information content (AvgIpc) is 2.96. The predicted octanol–water partition coefficient (Wildman–Crippen LogP) is 4.33. The molecule has 9 nitrogen and oxygen atoms in total. The van der Waals surface area contributed by atoms with Gasteiger partial charge in [0.25, 0.3) is 0 Å². The van der Waals surface area contributed by atoms with Crippen LogP contribution in [0, 0.1) is 5.92 Å². The monoisotopic (exact) mass is 544 g/mol. The molecule has 0 spiro atoms. The Hall–Kier alpha value is -3.56. The van der Waals surface area contributed by atoms with Gasteiger partial charge in [-0.2, -0.15) is 0 Å². The van der Waals surface area contributed by atoms with E-state index < -0.39 is 24.5 Å². The minimum atomic E-state index is -0.664. The van der Waals surface area contributed by atoms with Crippen LogP contribution in [-0.4, -0.2) is 68.4 Å². The minimum Gasteiger partial charge on any atom is -0.493 e. The second kappa shape index (κ2) is 17.9. The van der Waals surface area contributed by atoms with E-state index in [9.17, 15) is 9.59 Å². The molecule has 9 heteroatoms. The van der Waals surface area contributed by atoms with Gasteiger partial charge >= 0.3 is 11.9 Å². The maximum Gasteiger partial charge on any atom is 0.335 e. The summed E-state index contributed by atoms with van der Waals surface area (Å²) in [6.07, 6.45) is 4.35. The van der Waals surface area contributed by atoms with Crippen molar-refractivity contribution in [3.63, 3.8) is 0 Å². The van der Waals surface area contributed by atoms with Crippen LogP contribution in [0.25, 0.3) is 11.1 Å². The van der Waals surface area contributed by atoms with Crippen LogP contribution in [0.5, 0.6) is 17.2 Å². The van der Waals surface area contributed by atoms with E-state index in [1.54, 1.807) is 13.0 Å². The van der Waals surface area contributed by atoms with Crippen molar-refractivity contribution in [2.75, 3.05) is 46.2 Å². The van der Waals surface area contributed by atoms with Crippen molar-refractivity contribution in [1.29, 1.82) is 0 Å². The number of carbonyl (C=O) groups is 2. The fourth-order valence-electron chi connectivity index (χ4n) is 3.39. The van der Waals surface area contributed by atoms with Gasteiger partial charge in [-0.3, -0.25) is 4.79 Å². The highest BCUT2D eigenvalue weighted by atomic mass is 16.6. The van der Waals surface area contributed by atoms with Crippen LogP contribution in [-0.2, 0) is 19.1 Å². The largest absolute Gasteiger partial charge is 0.493 e. The van der Waals surface area contributed by atoms with Gasteiger partial charge in [-0.25, -0.2) is 4.79 Å². The Morgan fingerprint density at radius 1 is 0.846 bits per heavy atom. The summed E-state index contributed by atoms with van der Waals surface area (Å²) < 4.78 is 27.8. The first-order chi connectivity index (χ1) is 18.9. The predicted molar refractivity (Wildman–Crippen MR) is 147 cm³/mol. The number of ether oxygens (including phenoxy) is 5. The van der Waals surface area contributed by atoms with E-state index in [0.717, 1.165) is 36.8 Å². The molecular weight excluding hydrogens is 504 g/mol. The Kier molecular flexibility index (Phi) is 14.5. The molecule has 0 fully saturated rings. The number of aliphatic hydroxyl groups is 2. The first-order valence-electron chi connectivity index (χ1n) is 13.3. The molecule has 2 N–H and O–H groups in total. The van der Waals surface area contributed by atoms with E-state index in [-0.39, 0.29) is 38.6 Å². The fraction of sp³-hybridized carbons (Fsp3) is 0.467. The van der Waals surface area contributed by atoms with Crippen LogP contribution >= 0.6 is 0 Å². The maximum absolute atomic E-state index is 11.7. The van der Waals surface area contributed by atoms with Crippen LogP contribution in [0.2, 0.25) is 0 Å². The second-order valence-corrected chi connectivity index (χ2v) is 8.94. The molecule has 39 heavy (non-hydrogen) atoms. The third-order valence-corrected chi connectivity index (χ3v) is 5.69. The molecule has 0 radical (unpaired) electrons. The van der Waals surface area contributed by atoms with Crippen molar-refractivity contribution in [2.45, 2.75) is 39.5 Å². The lowest BCUT2D eigenvalue weighted by Crippen LogP contribution is -2.20. The van der Waals surface area contributed by atoms with Gasteiger partial charge in [0, 0.05) is 5.56 Å². The van der Waals surface area contributed by atoms with E-state index in [0.29, 0.717) is 23.9 Å². The van der Waals surface area contributed by atoms with Crippen LogP contribution in [0.3, 0.4) is 0 Å². The fourth-order valence-corrected chi connectivity index (χ4v) is 3.39. The van der Waals surface area contributed by atoms with Crippen molar-refractivity contribution >= 4 is 11.9 Å². The number of hydrogen-bond donors (Lipinski definition) is 2. The zero-order valence-electron chi connectivity index (χ0n) is 22.9. The van der Waals surface area contributed by atoms with Crippen LogP contribution in [0.15, 0.2) is 54.6 Å². The molecule has 0 aromatic heterocycles. The number of esters is 2. The summed E-state index contributed by atoms with van der Waals surface area (Å²) >= 11 is 0. The number of benzene rings is 2. The van der Waals surface area contributed by atoms with Crippen molar-refractivity contribution in [2.24, 2.45) is 5.92 Å². The average molecular weight is 545 g/mol. The zero-order chi connectivity index (χ0) is 28.5. The number of aliphatic hydroxyl groups excluding tert-OH is 2. The van der Waals surface area contributed by atoms with Crippen LogP contribution in [0.4, 0.5) is 0 Å². The number of hydrogen-bond acceptors (Lipinski definition) is 9. The summed E-state index contributed by atoms with van der Waals surface area (Å²) in [5, 5.41) is 18.0. The van der Waals surface area contributed by atoms with Crippen molar-refractivity contribution < 1.29 is 43.5 Å². The van der Waals surface area contributed by atoms with Crippen molar-refractivity contribution in [1.82, 2.24) is 0 Å². The van der Waals surface area contributed by atoms with Gasteiger partial charge in [0.1, 0.15) is 43.7 Å². The van der Waals surface area contributed by atoms with Gasteiger partial charge in [-0.15, -0.1) is 0 Å². The number of carbonyl (C=O) groups excluding carboxylic acids is 2. The maximum atomic E-state index is 11.7. The lowest BCUT2D eigenvalue weighted by atomic mass is 10.0. The van der Waals surface area contributed by atoms with Gasteiger partial charge in [0.2, 0.25) is 0 Å². The van der Waals surface area contributed by atoms with Gasteiger partial charge in [0.15, 0.2) is 0 Å². The summed E-state index contributed by atoms with van der Waals surface area (Å²) in [7, 11) is 0. The Balaban J connectivity index is 2.08. The molecule has 2 rings (SSSR count). The van der Waals surface area contributed by atoms with E-state index in [1.807, 2.05) is 36.4 Å². The summed E-state index contributed by atoms with van der Waals surface area (Å²) in [4.78, 5) is 23.3. The summed E-state index contributed by atoms with van der Waals surface area (Å²) in [6.45, 7) is 7.42. The third-order valence-electron chi connectivity index (χ3n) is 5.69. The highest BCUT2D eigenvalue weighted by Gasteiger charge is 2.14. The third kappa shape index (κ3) is 11.4. The molecule has 0 saturated carbocycles. The van der Waals surface area contributed by atoms with E-state index in [1.165, 1.54) is 0 Å². The van der Waals surface area contributed by atoms with E-state index in [2.05, 4.69) is 13.5 Å². The van der Waals surface area contributed by atoms with Gasteiger partial charge in [-0.1, -0.05) is 44.9 Å². The van der Waals surface area contributed by atoms with E-state index in [4.69, 9.17) is 33.9 Å². The van der Waals surface area contributed by atoms with Crippen LogP contribution in [0.1, 0.15) is 39.5 Å². The molecule has 2 aromatic rings. The summed E-state index contributed by atoms with van der Waals surface area (Å²) in [6, 6.07) is 13.0. The Morgan fingerprint density at radius 2 is 1.56 bits per heavy atom. The van der Waals surface area contributed by atoms with E-state index >= 15 is 0 Å². The van der Waals surface area contributed by atoms with Crippen molar-refractivity contribution in [3.8, 4) is 28.4 Å². The lowest BCUT2D eigenvalue weighted by molar-refractivity contribution is -0.150. The molecular formula is C30H40O9. The van der Waals surface area contributed by atoms with Gasteiger partial charge < -0.3 is 33.9 Å². The van der Waals surface area contributed by atoms with Gasteiger partial charge in [0.05, 0.1) is 31.3 Å².